The molecule has 4 rings (SSSR count). The van der Waals surface area contributed by atoms with Crippen molar-refractivity contribution in [1.82, 2.24) is 24.5 Å². The Morgan fingerprint density at radius 2 is 1.84 bits per heavy atom. The molecule has 0 spiro atoms. The van der Waals surface area contributed by atoms with Gasteiger partial charge in [0.05, 0.1) is 25.3 Å². The Labute approximate surface area is 224 Å². The van der Waals surface area contributed by atoms with Crippen LogP contribution in [-0.4, -0.2) is 101 Å². The highest BCUT2D eigenvalue weighted by Gasteiger charge is 2.42. The highest BCUT2D eigenvalue weighted by molar-refractivity contribution is 6.31. The lowest BCUT2D eigenvalue weighted by atomic mass is 9.96. The lowest BCUT2D eigenvalue weighted by molar-refractivity contribution is -0.166. The molecule has 0 bridgehead atoms. The van der Waals surface area contributed by atoms with E-state index in [1.54, 1.807) is 10.7 Å². The fourth-order valence-electron chi connectivity index (χ4n) is 4.96. The van der Waals surface area contributed by atoms with Crippen LogP contribution in [0.2, 0.25) is 5.02 Å². The Balaban J connectivity index is 1.46. The van der Waals surface area contributed by atoms with E-state index in [4.69, 9.17) is 21.1 Å². The summed E-state index contributed by atoms with van der Waals surface area (Å²) >= 11 is 6.18. The molecule has 2 aliphatic rings. The molecule has 0 saturated carbocycles. The summed E-state index contributed by atoms with van der Waals surface area (Å²) in [6.45, 7) is 8.28. The van der Waals surface area contributed by atoms with Crippen LogP contribution in [0.15, 0.2) is 24.4 Å². The zero-order chi connectivity index (χ0) is 26.6. The second-order valence-electron chi connectivity index (χ2n) is 10.3. The number of halogens is 1. The monoisotopic (exact) mass is 531 g/mol. The summed E-state index contributed by atoms with van der Waals surface area (Å²) in [4.78, 5) is 32.5. The molecule has 1 aromatic heterocycles. The van der Waals surface area contributed by atoms with E-state index in [0.29, 0.717) is 56.4 Å². The number of hydrogen-bond acceptors (Lipinski definition) is 6. The van der Waals surface area contributed by atoms with E-state index in [1.165, 1.54) is 0 Å². The number of nitrogens with zero attached hydrogens (tertiary/aromatic N) is 5. The van der Waals surface area contributed by atoms with E-state index in [9.17, 15) is 9.59 Å². The maximum atomic E-state index is 13.4. The van der Waals surface area contributed by atoms with Crippen molar-refractivity contribution in [3.63, 3.8) is 0 Å². The molecule has 2 amide bonds. The van der Waals surface area contributed by atoms with E-state index in [1.807, 2.05) is 49.0 Å². The average Bonchev–Trinajstić information content (AvgIpc) is 3.20. The summed E-state index contributed by atoms with van der Waals surface area (Å²) in [6, 6.07) is 5.49. The second kappa shape index (κ2) is 11.8. The zero-order valence-corrected chi connectivity index (χ0v) is 23.1. The molecule has 2 aromatic rings. The fraction of sp³-hybridized carbons (Fsp3) is 0.593. The van der Waals surface area contributed by atoms with Crippen LogP contribution < -0.4 is 4.74 Å². The average molecular weight is 532 g/mol. The fourth-order valence-corrected chi connectivity index (χ4v) is 5.08. The summed E-state index contributed by atoms with van der Waals surface area (Å²) < 4.78 is 14.2. The molecule has 37 heavy (non-hydrogen) atoms. The van der Waals surface area contributed by atoms with Crippen molar-refractivity contribution in [2.75, 3.05) is 59.5 Å². The van der Waals surface area contributed by atoms with Crippen LogP contribution in [0.1, 0.15) is 29.7 Å². The van der Waals surface area contributed by atoms with E-state index in [2.05, 4.69) is 17.0 Å². The van der Waals surface area contributed by atoms with Crippen molar-refractivity contribution in [2.24, 2.45) is 7.05 Å². The van der Waals surface area contributed by atoms with Crippen LogP contribution in [0, 0.1) is 13.8 Å². The molecule has 0 radical (unpaired) electrons. The van der Waals surface area contributed by atoms with Crippen LogP contribution in [0.25, 0.3) is 0 Å². The van der Waals surface area contributed by atoms with E-state index in [-0.39, 0.29) is 24.8 Å². The first-order valence-electron chi connectivity index (χ1n) is 12.9. The SMILES string of the molecule is Cc1cc(OC[C@]2(CC(=O)N3CCN(C)CC3)CN(C(=O)CCc3cn(C)nc3C)CCO2)ccc1Cl. The number of carbonyl (C=O) groups is 2. The van der Waals surface area contributed by atoms with Gasteiger partial charge in [-0.05, 0) is 56.6 Å². The summed E-state index contributed by atoms with van der Waals surface area (Å²) in [6.07, 6.45) is 3.13. The normalized spacial score (nSPS) is 20.8. The smallest absolute Gasteiger partial charge is 0.225 e. The lowest BCUT2D eigenvalue weighted by Crippen LogP contribution is -2.59. The Kier molecular flexibility index (Phi) is 8.77. The van der Waals surface area contributed by atoms with Gasteiger partial charge in [-0.1, -0.05) is 11.6 Å². The van der Waals surface area contributed by atoms with Crippen molar-refractivity contribution in [3.8, 4) is 5.75 Å². The van der Waals surface area contributed by atoms with Gasteiger partial charge in [0, 0.05) is 57.4 Å². The first kappa shape index (κ1) is 27.4. The quantitative estimate of drug-likeness (QED) is 0.520. The molecular formula is C27H38ClN5O4. The Morgan fingerprint density at radius 3 is 2.51 bits per heavy atom. The van der Waals surface area contributed by atoms with Crippen LogP contribution in [0.4, 0.5) is 0 Å². The highest BCUT2D eigenvalue weighted by atomic mass is 35.5. The Morgan fingerprint density at radius 1 is 1.08 bits per heavy atom. The number of hydrogen-bond donors (Lipinski definition) is 0. The van der Waals surface area contributed by atoms with E-state index in [0.717, 1.165) is 29.9 Å². The summed E-state index contributed by atoms with van der Waals surface area (Å²) in [5.74, 6) is 0.738. The van der Waals surface area contributed by atoms with Crippen molar-refractivity contribution in [2.45, 2.75) is 38.7 Å². The number of benzene rings is 1. The van der Waals surface area contributed by atoms with Crippen molar-refractivity contribution in [1.29, 1.82) is 0 Å². The first-order valence-corrected chi connectivity index (χ1v) is 13.3. The van der Waals surface area contributed by atoms with E-state index >= 15 is 0 Å². The van der Waals surface area contributed by atoms with Gasteiger partial charge in [-0.3, -0.25) is 14.3 Å². The number of ether oxygens (including phenoxy) is 2. The predicted molar refractivity (Wildman–Crippen MR) is 142 cm³/mol. The summed E-state index contributed by atoms with van der Waals surface area (Å²) in [5, 5.41) is 5.04. The van der Waals surface area contributed by atoms with Crippen LogP contribution in [0.5, 0.6) is 5.75 Å². The number of likely N-dealkylation sites (N-methyl/N-ethyl adjacent to an activating group) is 1. The van der Waals surface area contributed by atoms with Gasteiger partial charge in [-0.25, -0.2) is 0 Å². The van der Waals surface area contributed by atoms with Crippen LogP contribution in [0.3, 0.4) is 0 Å². The van der Waals surface area contributed by atoms with Crippen molar-refractivity contribution in [3.05, 3.63) is 46.2 Å². The van der Waals surface area contributed by atoms with Crippen molar-refractivity contribution >= 4 is 23.4 Å². The molecule has 9 nitrogen and oxygen atoms in total. The van der Waals surface area contributed by atoms with Crippen LogP contribution >= 0.6 is 11.6 Å². The number of morpholine rings is 1. The van der Waals surface area contributed by atoms with Gasteiger partial charge in [-0.2, -0.15) is 5.10 Å². The van der Waals surface area contributed by atoms with Gasteiger partial charge in [-0.15, -0.1) is 0 Å². The number of carbonyl (C=O) groups excluding carboxylic acids is 2. The molecule has 3 heterocycles. The summed E-state index contributed by atoms with van der Waals surface area (Å²) in [5.41, 5.74) is 2.00. The topological polar surface area (TPSA) is 80.1 Å². The molecule has 1 atom stereocenters. The first-order chi connectivity index (χ1) is 17.6. The highest BCUT2D eigenvalue weighted by Crippen LogP contribution is 2.28. The standard InChI is InChI=1S/C27H38ClN5O4/c1-20-15-23(6-7-24(20)28)36-19-27(16-26(35)32-11-9-30(3)10-12-32)18-33(13-14-37-27)25(34)8-5-22-17-31(4)29-21(22)2/h6-7,15,17H,5,8-14,16,18-19H2,1-4H3/t27-/m0/s1. The third-order valence-corrected chi connectivity index (χ3v) is 7.71. The zero-order valence-electron chi connectivity index (χ0n) is 22.3. The van der Waals surface area contributed by atoms with Gasteiger partial charge < -0.3 is 24.2 Å². The second-order valence-corrected chi connectivity index (χ2v) is 10.7. The minimum atomic E-state index is -0.925. The van der Waals surface area contributed by atoms with Crippen LogP contribution in [-0.2, 0) is 27.8 Å². The van der Waals surface area contributed by atoms with Gasteiger partial charge in [0.25, 0.3) is 0 Å². The largest absolute Gasteiger partial charge is 0.490 e. The van der Waals surface area contributed by atoms with Gasteiger partial charge in [0.1, 0.15) is 18.0 Å². The molecule has 1 aromatic carbocycles. The lowest BCUT2D eigenvalue weighted by Gasteiger charge is -2.43. The molecule has 2 fully saturated rings. The molecule has 10 heteroatoms. The molecule has 2 aliphatic heterocycles. The minimum Gasteiger partial charge on any atom is -0.490 e. The third kappa shape index (κ3) is 7.03. The predicted octanol–water partition coefficient (Wildman–Crippen LogP) is 2.46. The Bertz CT molecular complexity index is 1110. The molecule has 0 N–H and O–H groups in total. The third-order valence-electron chi connectivity index (χ3n) is 7.29. The molecular weight excluding hydrogens is 494 g/mol. The number of aromatic nitrogens is 2. The molecule has 2 saturated heterocycles. The summed E-state index contributed by atoms with van der Waals surface area (Å²) in [7, 11) is 3.94. The van der Waals surface area contributed by atoms with Gasteiger partial charge in [0.15, 0.2) is 0 Å². The number of aryl methyl sites for hydroxylation is 4. The number of rotatable bonds is 8. The molecule has 202 valence electrons. The van der Waals surface area contributed by atoms with Gasteiger partial charge >= 0.3 is 0 Å². The maximum absolute atomic E-state index is 13.4. The van der Waals surface area contributed by atoms with E-state index < -0.39 is 5.60 Å². The Hall–Kier alpha value is -2.62. The maximum Gasteiger partial charge on any atom is 0.225 e. The molecule has 0 unspecified atom stereocenters. The molecule has 0 aliphatic carbocycles. The van der Waals surface area contributed by atoms with Crippen molar-refractivity contribution < 1.29 is 19.1 Å². The van der Waals surface area contributed by atoms with Gasteiger partial charge in [0.2, 0.25) is 11.8 Å². The minimum absolute atomic E-state index is 0.0317. The number of piperazine rings is 1. The number of amides is 2.